The van der Waals surface area contributed by atoms with Gasteiger partial charge in [-0.1, -0.05) is 50.6 Å². The van der Waals surface area contributed by atoms with Crippen molar-refractivity contribution in [3.05, 3.63) is 47.8 Å². The Morgan fingerprint density at radius 3 is 2.55 bits per heavy atom. The number of nitrogens with two attached hydrogens (primary N) is 1. The second-order valence-electron chi connectivity index (χ2n) is 4.85. The fourth-order valence-electron chi connectivity index (χ4n) is 2.32. The summed E-state index contributed by atoms with van der Waals surface area (Å²) in [6, 6.07) is 10.6. The molecule has 3 N–H and O–H groups in total. The van der Waals surface area contributed by atoms with Crippen LogP contribution in [0.3, 0.4) is 0 Å². The van der Waals surface area contributed by atoms with Crippen LogP contribution >= 0.6 is 0 Å². The minimum Gasteiger partial charge on any atom is -0.383 e. The summed E-state index contributed by atoms with van der Waals surface area (Å²) >= 11 is 0. The minimum atomic E-state index is 0.237. The molecule has 0 aliphatic rings. The zero-order valence-electron chi connectivity index (χ0n) is 12.1. The monoisotopic (exact) mass is 270 g/mol. The van der Waals surface area contributed by atoms with E-state index in [1.807, 2.05) is 6.07 Å². The summed E-state index contributed by atoms with van der Waals surface area (Å²) in [5.41, 5.74) is 8.25. The highest BCUT2D eigenvalue weighted by molar-refractivity contribution is 5.56. The molecule has 2 aromatic rings. The SMILES string of the molecule is CCCc1c(N)ncnc1NC(CC)c1ccccc1. The van der Waals surface area contributed by atoms with Gasteiger partial charge in [0.05, 0.1) is 6.04 Å². The molecule has 4 heteroatoms. The van der Waals surface area contributed by atoms with Gasteiger partial charge in [0, 0.05) is 5.56 Å². The molecular formula is C16H22N4. The Kier molecular flexibility index (Phi) is 4.93. The topological polar surface area (TPSA) is 63.8 Å². The molecule has 20 heavy (non-hydrogen) atoms. The van der Waals surface area contributed by atoms with Crippen LogP contribution in [0.25, 0.3) is 0 Å². The predicted octanol–water partition coefficient (Wildman–Crippen LogP) is 3.57. The van der Waals surface area contributed by atoms with Gasteiger partial charge in [-0.15, -0.1) is 0 Å². The lowest BCUT2D eigenvalue weighted by Gasteiger charge is -2.20. The summed E-state index contributed by atoms with van der Waals surface area (Å²) in [4.78, 5) is 8.46. The highest BCUT2D eigenvalue weighted by atomic mass is 15.1. The maximum Gasteiger partial charge on any atom is 0.135 e. The number of nitrogens with one attached hydrogen (secondary N) is 1. The number of aromatic nitrogens is 2. The summed E-state index contributed by atoms with van der Waals surface area (Å²) in [6.45, 7) is 4.29. The van der Waals surface area contributed by atoms with Crippen molar-refractivity contribution in [1.82, 2.24) is 9.97 Å². The fraction of sp³-hybridized carbons (Fsp3) is 0.375. The largest absolute Gasteiger partial charge is 0.383 e. The van der Waals surface area contributed by atoms with Crippen molar-refractivity contribution in [1.29, 1.82) is 0 Å². The summed E-state index contributed by atoms with van der Waals surface area (Å²) < 4.78 is 0. The number of nitrogen functional groups attached to an aromatic ring is 1. The third-order valence-electron chi connectivity index (χ3n) is 3.40. The third-order valence-corrected chi connectivity index (χ3v) is 3.40. The Balaban J connectivity index is 2.26. The van der Waals surface area contributed by atoms with Gasteiger partial charge in [0.2, 0.25) is 0 Å². The first kappa shape index (κ1) is 14.3. The Morgan fingerprint density at radius 1 is 1.15 bits per heavy atom. The fourth-order valence-corrected chi connectivity index (χ4v) is 2.32. The lowest BCUT2D eigenvalue weighted by molar-refractivity contribution is 0.739. The zero-order chi connectivity index (χ0) is 14.4. The molecule has 1 unspecified atom stereocenters. The van der Waals surface area contributed by atoms with Gasteiger partial charge in [-0.25, -0.2) is 9.97 Å². The molecule has 0 spiro atoms. The van der Waals surface area contributed by atoms with E-state index in [-0.39, 0.29) is 6.04 Å². The van der Waals surface area contributed by atoms with Gasteiger partial charge in [-0.2, -0.15) is 0 Å². The van der Waals surface area contributed by atoms with Crippen LogP contribution in [0, 0.1) is 0 Å². The first-order chi connectivity index (χ1) is 9.76. The quantitative estimate of drug-likeness (QED) is 0.842. The molecule has 1 aromatic carbocycles. The van der Waals surface area contributed by atoms with E-state index in [1.165, 1.54) is 11.9 Å². The minimum absolute atomic E-state index is 0.237. The highest BCUT2D eigenvalue weighted by Crippen LogP contribution is 2.26. The van der Waals surface area contributed by atoms with Crippen molar-refractivity contribution in [2.75, 3.05) is 11.1 Å². The molecule has 0 saturated carbocycles. The Labute approximate surface area is 120 Å². The summed E-state index contributed by atoms with van der Waals surface area (Å²) in [7, 11) is 0. The van der Waals surface area contributed by atoms with Crippen molar-refractivity contribution in [3.8, 4) is 0 Å². The maximum atomic E-state index is 5.97. The van der Waals surface area contributed by atoms with Crippen molar-refractivity contribution in [2.24, 2.45) is 0 Å². The van der Waals surface area contributed by atoms with E-state index in [1.54, 1.807) is 0 Å². The number of anilines is 2. The lowest BCUT2D eigenvalue weighted by atomic mass is 10.0. The molecule has 4 nitrogen and oxygen atoms in total. The van der Waals surface area contributed by atoms with Crippen LogP contribution in [0.5, 0.6) is 0 Å². The first-order valence-corrected chi connectivity index (χ1v) is 7.17. The number of hydrogen-bond donors (Lipinski definition) is 2. The van der Waals surface area contributed by atoms with Crippen molar-refractivity contribution < 1.29 is 0 Å². The van der Waals surface area contributed by atoms with E-state index < -0.39 is 0 Å². The lowest BCUT2D eigenvalue weighted by Crippen LogP contribution is -2.14. The number of rotatable bonds is 6. The summed E-state index contributed by atoms with van der Waals surface area (Å²) in [6.07, 6.45) is 4.42. The van der Waals surface area contributed by atoms with Gasteiger partial charge in [0.25, 0.3) is 0 Å². The van der Waals surface area contributed by atoms with Crippen LogP contribution in [0.1, 0.15) is 43.9 Å². The average Bonchev–Trinajstić information content (AvgIpc) is 2.49. The standard InChI is InChI=1S/C16H22N4/c1-3-8-13-15(17)18-11-19-16(13)20-14(4-2)12-9-6-5-7-10-12/h5-7,9-11,14H,3-4,8H2,1-2H3,(H3,17,18,19,20). The van der Waals surface area contributed by atoms with E-state index in [0.29, 0.717) is 5.82 Å². The van der Waals surface area contributed by atoms with E-state index in [0.717, 1.165) is 30.6 Å². The van der Waals surface area contributed by atoms with Crippen molar-refractivity contribution >= 4 is 11.6 Å². The maximum absolute atomic E-state index is 5.97. The van der Waals surface area contributed by atoms with Gasteiger partial charge < -0.3 is 11.1 Å². The van der Waals surface area contributed by atoms with Crippen LogP contribution in [0.4, 0.5) is 11.6 Å². The second kappa shape index (κ2) is 6.89. The Morgan fingerprint density at radius 2 is 1.90 bits per heavy atom. The van der Waals surface area contributed by atoms with Crippen molar-refractivity contribution in [3.63, 3.8) is 0 Å². The van der Waals surface area contributed by atoms with Gasteiger partial charge in [-0.05, 0) is 18.4 Å². The van der Waals surface area contributed by atoms with E-state index >= 15 is 0 Å². The molecule has 106 valence electrons. The molecule has 0 bridgehead atoms. The third kappa shape index (κ3) is 3.26. The van der Waals surface area contributed by atoms with Crippen LogP contribution in [0.15, 0.2) is 36.7 Å². The first-order valence-electron chi connectivity index (χ1n) is 7.17. The predicted molar refractivity (Wildman–Crippen MR) is 83.5 cm³/mol. The van der Waals surface area contributed by atoms with E-state index in [9.17, 15) is 0 Å². The number of benzene rings is 1. The van der Waals surface area contributed by atoms with Crippen LogP contribution in [-0.4, -0.2) is 9.97 Å². The van der Waals surface area contributed by atoms with Gasteiger partial charge in [0.1, 0.15) is 18.0 Å². The average molecular weight is 270 g/mol. The van der Waals surface area contributed by atoms with Crippen LogP contribution < -0.4 is 11.1 Å². The molecule has 0 radical (unpaired) electrons. The molecule has 0 amide bonds. The molecule has 0 saturated heterocycles. The number of hydrogen-bond acceptors (Lipinski definition) is 4. The normalized spacial score (nSPS) is 12.1. The molecule has 1 heterocycles. The number of nitrogens with zero attached hydrogens (tertiary/aromatic N) is 2. The highest BCUT2D eigenvalue weighted by Gasteiger charge is 2.14. The zero-order valence-corrected chi connectivity index (χ0v) is 12.1. The van der Waals surface area contributed by atoms with Crippen molar-refractivity contribution in [2.45, 2.75) is 39.2 Å². The molecule has 1 aromatic heterocycles. The molecule has 0 aliphatic heterocycles. The van der Waals surface area contributed by atoms with Gasteiger partial charge in [-0.3, -0.25) is 0 Å². The Hall–Kier alpha value is -2.10. The van der Waals surface area contributed by atoms with Gasteiger partial charge >= 0.3 is 0 Å². The molecule has 1 atom stereocenters. The second-order valence-corrected chi connectivity index (χ2v) is 4.85. The van der Waals surface area contributed by atoms with E-state index in [4.69, 9.17) is 5.73 Å². The molecule has 0 aliphatic carbocycles. The summed E-state index contributed by atoms with van der Waals surface area (Å²) in [5, 5.41) is 3.51. The van der Waals surface area contributed by atoms with Crippen LogP contribution in [-0.2, 0) is 6.42 Å². The van der Waals surface area contributed by atoms with Gasteiger partial charge in [0.15, 0.2) is 0 Å². The Bertz CT molecular complexity index is 539. The van der Waals surface area contributed by atoms with Crippen LogP contribution in [0.2, 0.25) is 0 Å². The molecular weight excluding hydrogens is 248 g/mol. The molecule has 0 fully saturated rings. The van der Waals surface area contributed by atoms with E-state index in [2.05, 4.69) is 53.4 Å². The molecule has 2 rings (SSSR count). The summed E-state index contributed by atoms with van der Waals surface area (Å²) in [5.74, 6) is 1.43. The smallest absolute Gasteiger partial charge is 0.135 e.